The maximum atomic E-state index is 11.4. The fourth-order valence-electron chi connectivity index (χ4n) is 1.47. The van der Waals surface area contributed by atoms with E-state index in [-0.39, 0.29) is 27.7 Å². The highest BCUT2D eigenvalue weighted by Gasteiger charge is 2.34. The molecule has 1 aromatic carbocycles. The molecule has 16 heavy (non-hydrogen) atoms. The maximum absolute atomic E-state index is 11.4. The van der Waals surface area contributed by atoms with Crippen LogP contribution in [0.1, 0.15) is 27.6 Å². The van der Waals surface area contributed by atoms with Gasteiger partial charge >= 0.3 is 11.9 Å². The van der Waals surface area contributed by atoms with Crippen molar-refractivity contribution in [2.24, 2.45) is 0 Å². The third-order valence-corrected chi connectivity index (χ3v) is 2.37. The van der Waals surface area contributed by atoms with Crippen molar-refractivity contribution in [3.8, 4) is 0 Å². The zero-order chi connectivity index (χ0) is 11.9. The van der Waals surface area contributed by atoms with E-state index in [4.69, 9.17) is 11.6 Å². The number of benzene rings is 1. The Hall–Kier alpha value is -1.88. The van der Waals surface area contributed by atoms with Gasteiger partial charge in [-0.2, -0.15) is 0 Å². The summed E-state index contributed by atoms with van der Waals surface area (Å²) in [5, 5.41) is 2.56. The minimum atomic E-state index is -0.800. The molecule has 0 bridgehead atoms. The number of hydrogen-bond donors (Lipinski definition) is 1. The number of cyclic esters (lactones) is 2. The van der Waals surface area contributed by atoms with Crippen molar-refractivity contribution in [2.75, 3.05) is 5.32 Å². The van der Waals surface area contributed by atoms with E-state index in [2.05, 4.69) is 10.1 Å². The highest BCUT2D eigenvalue weighted by molar-refractivity contribution is 6.36. The number of carbonyl (C=O) groups excluding carboxylic acids is 3. The third kappa shape index (κ3) is 1.55. The van der Waals surface area contributed by atoms with Gasteiger partial charge in [0.15, 0.2) is 0 Å². The van der Waals surface area contributed by atoms with Crippen molar-refractivity contribution in [3.63, 3.8) is 0 Å². The highest BCUT2D eigenvalue weighted by atomic mass is 35.5. The van der Waals surface area contributed by atoms with Gasteiger partial charge in [-0.15, -0.1) is 0 Å². The minimum absolute atomic E-state index is 0.00193. The number of hydrogen-bond acceptors (Lipinski definition) is 4. The zero-order valence-electron chi connectivity index (χ0n) is 8.17. The fourth-order valence-corrected chi connectivity index (χ4v) is 1.70. The molecule has 0 saturated heterocycles. The molecular weight excluding hydrogens is 234 g/mol. The lowest BCUT2D eigenvalue weighted by molar-refractivity contribution is -0.114. The molecule has 5 nitrogen and oxygen atoms in total. The van der Waals surface area contributed by atoms with E-state index in [1.807, 2.05) is 0 Å². The van der Waals surface area contributed by atoms with Crippen molar-refractivity contribution in [1.29, 1.82) is 0 Å². The van der Waals surface area contributed by atoms with Crippen LogP contribution in [-0.2, 0) is 9.53 Å². The van der Waals surface area contributed by atoms with Crippen LogP contribution < -0.4 is 5.32 Å². The largest absolute Gasteiger partial charge is 0.386 e. The molecule has 0 spiro atoms. The minimum Gasteiger partial charge on any atom is -0.386 e. The van der Waals surface area contributed by atoms with Crippen molar-refractivity contribution >= 4 is 35.1 Å². The number of halogens is 1. The van der Waals surface area contributed by atoms with E-state index < -0.39 is 11.9 Å². The second kappa shape index (κ2) is 3.61. The normalized spacial score (nSPS) is 13.4. The monoisotopic (exact) mass is 239 g/mol. The number of amides is 1. The third-order valence-electron chi connectivity index (χ3n) is 2.06. The van der Waals surface area contributed by atoms with Gasteiger partial charge in [0.2, 0.25) is 5.91 Å². The highest BCUT2D eigenvalue weighted by Crippen LogP contribution is 2.32. The summed E-state index contributed by atoms with van der Waals surface area (Å²) < 4.78 is 4.42. The summed E-state index contributed by atoms with van der Waals surface area (Å²) in [4.78, 5) is 33.6. The first-order valence-electron chi connectivity index (χ1n) is 4.37. The number of esters is 2. The molecule has 2 rings (SSSR count). The summed E-state index contributed by atoms with van der Waals surface area (Å²) in [7, 11) is 0. The molecule has 1 amide bonds. The van der Waals surface area contributed by atoms with Gasteiger partial charge in [0.25, 0.3) is 0 Å². The fraction of sp³-hybridized carbons (Fsp3) is 0.100. The molecule has 0 aliphatic carbocycles. The van der Waals surface area contributed by atoms with Crippen LogP contribution in [0.4, 0.5) is 5.69 Å². The Morgan fingerprint density at radius 3 is 2.50 bits per heavy atom. The molecule has 1 N–H and O–H groups in total. The molecule has 1 aliphatic rings. The quantitative estimate of drug-likeness (QED) is 0.597. The summed E-state index contributed by atoms with van der Waals surface area (Å²) in [5.74, 6) is -1.94. The Morgan fingerprint density at radius 1 is 1.25 bits per heavy atom. The topological polar surface area (TPSA) is 72.5 Å². The summed E-state index contributed by atoms with van der Waals surface area (Å²) in [6, 6.07) is 2.87. The first-order chi connectivity index (χ1) is 7.50. The Kier molecular flexibility index (Phi) is 2.40. The van der Waals surface area contributed by atoms with Gasteiger partial charge < -0.3 is 10.1 Å². The van der Waals surface area contributed by atoms with E-state index in [9.17, 15) is 14.4 Å². The molecule has 6 heteroatoms. The molecular formula is C10H6ClNO4. The van der Waals surface area contributed by atoms with Crippen LogP contribution in [0.15, 0.2) is 12.1 Å². The van der Waals surface area contributed by atoms with Crippen LogP contribution in [0.5, 0.6) is 0 Å². The van der Waals surface area contributed by atoms with E-state index in [1.54, 1.807) is 0 Å². The number of fused-ring (bicyclic) bond motifs is 1. The van der Waals surface area contributed by atoms with Crippen LogP contribution in [0.2, 0.25) is 5.02 Å². The number of carbonyl (C=O) groups is 3. The summed E-state index contributed by atoms with van der Waals surface area (Å²) in [6.07, 6.45) is 0. The zero-order valence-corrected chi connectivity index (χ0v) is 8.92. The van der Waals surface area contributed by atoms with Gasteiger partial charge in [0, 0.05) is 6.92 Å². The van der Waals surface area contributed by atoms with Crippen molar-refractivity contribution < 1.29 is 19.1 Å². The summed E-state index contributed by atoms with van der Waals surface area (Å²) in [6.45, 7) is 1.29. The molecule has 1 aromatic rings. The van der Waals surface area contributed by atoms with Crippen LogP contribution in [0.25, 0.3) is 0 Å². The van der Waals surface area contributed by atoms with Gasteiger partial charge in [0.1, 0.15) is 0 Å². The first kappa shape index (κ1) is 10.6. The van der Waals surface area contributed by atoms with Crippen LogP contribution >= 0.6 is 11.6 Å². The lowest BCUT2D eigenvalue weighted by Gasteiger charge is -2.05. The maximum Gasteiger partial charge on any atom is 0.349 e. The second-order valence-electron chi connectivity index (χ2n) is 3.20. The number of ether oxygens (including phenoxy) is 1. The van der Waals surface area contributed by atoms with Gasteiger partial charge in [-0.1, -0.05) is 11.6 Å². The van der Waals surface area contributed by atoms with E-state index in [1.165, 1.54) is 19.1 Å². The standard InChI is InChI=1S/C10H6ClNO4/c1-4(13)12-6-3-2-5(11)7-8(6)10(15)16-9(7)14/h2-3H,1H3,(H,12,13). The first-order valence-corrected chi connectivity index (χ1v) is 4.75. The van der Waals surface area contributed by atoms with Crippen molar-refractivity contribution in [2.45, 2.75) is 6.92 Å². The summed E-state index contributed by atoms with van der Waals surface area (Å²) >= 11 is 5.77. The van der Waals surface area contributed by atoms with Gasteiger partial charge in [0.05, 0.1) is 21.8 Å². The van der Waals surface area contributed by atoms with Crippen LogP contribution in [0.3, 0.4) is 0 Å². The SMILES string of the molecule is CC(=O)Nc1ccc(Cl)c2c1C(=O)OC2=O. The molecule has 0 saturated carbocycles. The predicted octanol–water partition coefficient (Wildman–Crippen LogP) is 1.61. The van der Waals surface area contributed by atoms with Crippen LogP contribution in [0, 0.1) is 0 Å². The van der Waals surface area contributed by atoms with Gasteiger partial charge in [-0.3, -0.25) is 4.79 Å². The van der Waals surface area contributed by atoms with E-state index >= 15 is 0 Å². The van der Waals surface area contributed by atoms with Crippen LogP contribution in [-0.4, -0.2) is 17.8 Å². The summed E-state index contributed by atoms with van der Waals surface area (Å²) in [5.41, 5.74) is 0.230. The van der Waals surface area contributed by atoms with Gasteiger partial charge in [-0.05, 0) is 12.1 Å². The average molecular weight is 240 g/mol. The molecule has 1 aliphatic heterocycles. The van der Waals surface area contributed by atoms with Crippen molar-refractivity contribution in [3.05, 3.63) is 28.3 Å². The molecule has 1 heterocycles. The predicted molar refractivity (Wildman–Crippen MR) is 55.5 cm³/mol. The molecule has 0 radical (unpaired) electrons. The van der Waals surface area contributed by atoms with E-state index in [0.29, 0.717) is 0 Å². The molecule has 0 fully saturated rings. The molecule has 82 valence electrons. The molecule has 0 atom stereocenters. The Morgan fingerprint density at radius 2 is 1.88 bits per heavy atom. The van der Waals surface area contributed by atoms with Gasteiger partial charge in [-0.25, -0.2) is 9.59 Å². The number of rotatable bonds is 1. The second-order valence-corrected chi connectivity index (χ2v) is 3.61. The molecule has 0 aromatic heterocycles. The molecule has 0 unspecified atom stereocenters. The van der Waals surface area contributed by atoms with E-state index in [0.717, 1.165) is 0 Å². The lowest BCUT2D eigenvalue weighted by atomic mass is 10.1. The smallest absolute Gasteiger partial charge is 0.349 e. The Bertz CT molecular complexity index is 524. The number of anilines is 1. The Labute approximate surface area is 95.3 Å². The lowest BCUT2D eigenvalue weighted by Crippen LogP contribution is -2.10. The Balaban J connectivity index is 2.63. The average Bonchev–Trinajstić information content (AvgIpc) is 2.47. The number of nitrogens with one attached hydrogen (secondary N) is 1. The van der Waals surface area contributed by atoms with Crippen molar-refractivity contribution in [1.82, 2.24) is 0 Å².